The molecule has 30 heavy (non-hydrogen) atoms. The molecule has 0 radical (unpaired) electrons. The van der Waals surface area contributed by atoms with Crippen molar-refractivity contribution in [2.24, 2.45) is 0 Å². The number of pyridine rings is 1. The van der Waals surface area contributed by atoms with Gasteiger partial charge in [-0.15, -0.1) is 0 Å². The second kappa shape index (κ2) is 7.07. The SMILES string of the molecule is COc1cncc(Cn2c(C)nc3ncc(-c4ccn5ncnc(OC)c45)cc32)n1. The number of ether oxygens (including phenoxy) is 2. The van der Waals surface area contributed by atoms with Crippen LogP contribution in [-0.4, -0.2) is 53.3 Å². The predicted molar refractivity (Wildman–Crippen MR) is 108 cm³/mol. The van der Waals surface area contributed by atoms with Crippen LogP contribution >= 0.6 is 0 Å². The molecule has 0 saturated carbocycles. The molecule has 0 aliphatic rings. The molecule has 5 aromatic rings. The number of aromatic nitrogens is 8. The second-order valence-electron chi connectivity index (χ2n) is 6.66. The Balaban J connectivity index is 1.64. The molecule has 5 rings (SSSR count). The average Bonchev–Trinajstić information content (AvgIpc) is 3.34. The third-order valence-electron chi connectivity index (χ3n) is 4.91. The Labute approximate surface area is 171 Å². The van der Waals surface area contributed by atoms with E-state index in [9.17, 15) is 0 Å². The van der Waals surface area contributed by atoms with Crippen molar-refractivity contribution in [3.63, 3.8) is 0 Å². The molecule has 10 nitrogen and oxygen atoms in total. The smallest absolute Gasteiger partial charge is 0.241 e. The molecule has 0 saturated heterocycles. The second-order valence-corrected chi connectivity index (χ2v) is 6.66. The molecule has 0 aliphatic heterocycles. The van der Waals surface area contributed by atoms with E-state index in [1.807, 2.05) is 19.2 Å². The number of hydrogen-bond donors (Lipinski definition) is 0. The van der Waals surface area contributed by atoms with Gasteiger partial charge in [0.2, 0.25) is 11.8 Å². The number of rotatable bonds is 5. The van der Waals surface area contributed by atoms with Crippen molar-refractivity contribution in [1.29, 1.82) is 0 Å². The van der Waals surface area contributed by atoms with Crippen molar-refractivity contribution in [1.82, 2.24) is 39.1 Å². The van der Waals surface area contributed by atoms with Gasteiger partial charge in [0.15, 0.2) is 5.65 Å². The van der Waals surface area contributed by atoms with E-state index in [1.54, 1.807) is 37.3 Å². The average molecular weight is 402 g/mol. The molecule has 150 valence electrons. The summed E-state index contributed by atoms with van der Waals surface area (Å²) in [6.45, 7) is 2.44. The van der Waals surface area contributed by atoms with Crippen LogP contribution in [-0.2, 0) is 6.54 Å². The lowest BCUT2D eigenvalue weighted by atomic mass is 10.1. The summed E-state index contributed by atoms with van der Waals surface area (Å²) < 4.78 is 14.4. The number of fused-ring (bicyclic) bond motifs is 2. The highest BCUT2D eigenvalue weighted by molar-refractivity contribution is 5.87. The van der Waals surface area contributed by atoms with Crippen molar-refractivity contribution in [3.8, 4) is 22.9 Å². The van der Waals surface area contributed by atoms with Gasteiger partial charge in [0.25, 0.3) is 0 Å². The summed E-state index contributed by atoms with van der Waals surface area (Å²) in [7, 11) is 3.16. The minimum atomic E-state index is 0.473. The minimum Gasteiger partial charge on any atom is -0.480 e. The van der Waals surface area contributed by atoms with Gasteiger partial charge >= 0.3 is 0 Å². The van der Waals surface area contributed by atoms with Gasteiger partial charge in [0.1, 0.15) is 17.7 Å². The number of aryl methyl sites for hydroxylation is 1. The third kappa shape index (κ3) is 2.89. The van der Waals surface area contributed by atoms with E-state index < -0.39 is 0 Å². The Morgan fingerprint density at radius 1 is 1.03 bits per heavy atom. The Morgan fingerprint density at radius 2 is 1.93 bits per heavy atom. The van der Waals surface area contributed by atoms with Crippen LogP contribution in [0.15, 0.2) is 43.2 Å². The summed E-state index contributed by atoms with van der Waals surface area (Å²) in [5, 5.41) is 4.25. The first kappa shape index (κ1) is 18.0. The van der Waals surface area contributed by atoms with E-state index in [-0.39, 0.29) is 0 Å². The lowest BCUT2D eigenvalue weighted by molar-refractivity contribution is 0.393. The van der Waals surface area contributed by atoms with Crippen molar-refractivity contribution >= 4 is 16.7 Å². The van der Waals surface area contributed by atoms with E-state index in [2.05, 4.69) is 40.7 Å². The molecule has 0 amide bonds. The van der Waals surface area contributed by atoms with Crippen LogP contribution in [0, 0.1) is 6.92 Å². The highest BCUT2D eigenvalue weighted by Gasteiger charge is 2.16. The fraction of sp³-hybridized carbons (Fsp3) is 0.200. The summed E-state index contributed by atoms with van der Waals surface area (Å²) >= 11 is 0. The van der Waals surface area contributed by atoms with E-state index in [0.717, 1.165) is 33.7 Å². The van der Waals surface area contributed by atoms with Crippen LogP contribution in [0.1, 0.15) is 11.5 Å². The summed E-state index contributed by atoms with van der Waals surface area (Å²) in [5.74, 6) is 1.81. The van der Waals surface area contributed by atoms with Crippen LogP contribution in [0.2, 0.25) is 0 Å². The van der Waals surface area contributed by atoms with Gasteiger partial charge in [0, 0.05) is 23.5 Å². The van der Waals surface area contributed by atoms with Gasteiger partial charge in [-0.3, -0.25) is 4.98 Å². The number of nitrogens with zero attached hydrogens (tertiary/aromatic N) is 8. The highest BCUT2D eigenvalue weighted by atomic mass is 16.5. The van der Waals surface area contributed by atoms with E-state index >= 15 is 0 Å². The van der Waals surface area contributed by atoms with Gasteiger partial charge in [-0.2, -0.15) is 10.1 Å². The first-order valence-electron chi connectivity index (χ1n) is 9.22. The predicted octanol–water partition coefficient (Wildman–Crippen LogP) is 2.30. The fourth-order valence-corrected chi connectivity index (χ4v) is 3.50. The maximum absolute atomic E-state index is 5.43. The van der Waals surface area contributed by atoms with Gasteiger partial charge in [-0.1, -0.05) is 0 Å². The third-order valence-corrected chi connectivity index (χ3v) is 4.91. The molecule has 5 heterocycles. The lowest BCUT2D eigenvalue weighted by Crippen LogP contribution is -2.05. The van der Waals surface area contributed by atoms with Crippen molar-refractivity contribution in [3.05, 3.63) is 54.8 Å². The first-order valence-corrected chi connectivity index (χ1v) is 9.22. The quantitative estimate of drug-likeness (QED) is 0.441. The molecular weight excluding hydrogens is 384 g/mol. The Morgan fingerprint density at radius 3 is 2.77 bits per heavy atom. The van der Waals surface area contributed by atoms with Crippen molar-refractivity contribution in [2.45, 2.75) is 13.5 Å². The maximum Gasteiger partial charge on any atom is 0.241 e. The topological polar surface area (TPSA) is 105 Å². The molecule has 0 atom stereocenters. The van der Waals surface area contributed by atoms with Gasteiger partial charge in [-0.25, -0.2) is 19.5 Å². The summed E-state index contributed by atoms with van der Waals surface area (Å²) in [6.07, 6.45) is 8.43. The van der Waals surface area contributed by atoms with Crippen LogP contribution in [0.25, 0.3) is 27.8 Å². The van der Waals surface area contributed by atoms with Gasteiger partial charge in [-0.05, 0) is 19.1 Å². The lowest BCUT2D eigenvalue weighted by Gasteiger charge is -2.08. The van der Waals surface area contributed by atoms with Crippen molar-refractivity contribution in [2.75, 3.05) is 14.2 Å². The van der Waals surface area contributed by atoms with E-state index in [0.29, 0.717) is 24.0 Å². The van der Waals surface area contributed by atoms with E-state index in [1.165, 1.54) is 6.33 Å². The Kier molecular flexibility index (Phi) is 4.24. The zero-order chi connectivity index (χ0) is 20.7. The Bertz CT molecular complexity index is 1370. The van der Waals surface area contributed by atoms with Gasteiger partial charge in [0.05, 0.1) is 44.4 Å². The molecule has 0 aliphatic carbocycles. The largest absolute Gasteiger partial charge is 0.480 e. The summed E-state index contributed by atoms with van der Waals surface area (Å²) in [4.78, 5) is 22.0. The molecule has 0 aromatic carbocycles. The monoisotopic (exact) mass is 402 g/mol. The standard InChI is InChI=1S/C20H18N8O2/c1-12-25-19-16(27(12)10-14-8-21-9-17(26-14)29-2)6-13(7-22-19)15-4-5-28-18(15)20(30-3)23-11-24-28/h4-9,11H,10H2,1-3H3. The molecule has 0 fully saturated rings. The van der Waals surface area contributed by atoms with E-state index in [4.69, 9.17) is 9.47 Å². The van der Waals surface area contributed by atoms with Crippen LogP contribution < -0.4 is 9.47 Å². The highest BCUT2D eigenvalue weighted by Crippen LogP contribution is 2.31. The summed E-state index contributed by atoms with van der Waals surface area (Å²) in [6, 6.07) is 4.02. The van der Waals surface area contributed by atoms with Gasteiger partial charge < -0.3 is 14.0 Å². The minimum absolute atomic E-state index is 0.473. The van der Waals surface area contributed by atoms with Crippen LogP contribution in [0.4, 0.5) is 0 Å². The zero-order valence-electron chi connectivity index (χ0n) is 16.6. The molecule has 0 unspecified atom stereocenters. The normalized spacial score (nSPS) is 11.3. The molecule has 0 bridgehead atoms. The zero-order valence-corrected chi connectivity index (χ0v) is 16.6. The first-order chi connectivity index (χ1) is 14.7. The summed E-state index contributed by atoms with van der Waals surface area (Å²) in [5.41, 5.74) is 4.95. The number of imidazole rings is 1. The maximum atomic E-state index is 5.43. The fourth-order valence-electron chi connectivity index (χ4n) is 3.50. The van der Waals surface area contributed by atoms with Crippen molar-refractivity contribution < 1.29 is 9.47 Å². The molecule has 0 N–H and O–H groups in total. The molecule has 10 heteroatoms. The molecular formula is C20H18N8O2. The number of hydrogen-bond acceptors (Lipinski definition) is 8. The van der Waals surface area contributed by atoms with Crippen LogP contribution in [0.5, 0.6) is 11.8 Å². The molecule has 5 aromatic heterocycles. The number of methoxy groups -OCH3 is 2. The molecule has 0 spiro atoms. The van der Waals surface area contributed by atoms with Crippen LogP contribution in [0.3, 0.4) is 0 Å². The Hall–Kier alpha value is -4.08.